The largest absolute Gasteiger partial charge is 0.457 e. The Kier molecular flexibility index (Phi) is 6.53. The van der Waals surface area contributed by atoms with Crippen LogP contribution >= 0.6 is 11.3 Å². The second kappa shape index (κ2) is 9.50. The minimum atomic E-state index is -3.24. The quantitative estimate of drug-likeness (QED) is 0.373. The molecule has 4 aromatic rings. The van der Waals surface area contributed by atoms with Gasteiger partial charge in [0.15, 0.2) is 9.84 Å². The lowest BCUT2D eigenvalue weighted by Crippen LogP contribution is -2.11. The third-order valence-corrected chi connectivity index (χ3v) is 6.98. The molecule has 6 nitrogen and oxygen atoms in total. The van der Waals surface area contributed by atoms with Crippen molar-refractivity contribution in [3.8, 4) is 11.5 Å². The molecule has 0 saturated carbocycles. The minimum Gasteiger partial charge on any atom is -0.457 e. The highest BCUT2D eigenvalue weighted by Gasteiger charge is 2.08. The molecule has 0 unspecified atom stereocenters. The van der Waals surface area contributed by atoms with Crippen LogP contribution in [0.5, 0.6) is 11.5 Å². The van der Waals surface area contributed by atoms with E-state index in [4.69, 9.17) is 4.74 Å². The Bertz CT molecular complexity index is 1300. The number of thiazole rings is 1. The lowest BCUT2D eigenvalue weighted by Gasteiger charge is -2.08. The molecule has 1 amide bonds. The molecule has 32 heavy (non-hydrogen) atoms. The highest BCUT2D eigenvalue weighted by Crippen LogP contribution is 2.25. The van der Waals surface area contributed by atoms with E-state index in [0.717, 1.165) is 29.6 Å². The summed E-state index contributed by atoms with van der Waals surface area (Å²) in [6.07, 6.45) is 3.09. The number of fused-ring (bicyclic) bond motifs is 1. The van der Waals surface area contributed by atoms with Crippen LogP contribution in [0.15, 0.2) is 77.7 Å². The first-order valence-corrected chi connectivity index (χ1v) is 12.8. The molecule has 3 aromatic carbocycles. The molecule has 0 spiro atoms. The van der Waals surface area contributed by atoms with Crippen LogP contribution in [0, 0.1) is 0 Å². The number of nitrogens with zero attached hydrogens (tertiary/aromatic N) is 1. The van der Waals surface area contributed by atoms with Gasteiger partial charge in [-0.3, -0.25) is 4.79 Å². The highest BCUT2D eigenvalue weighted by atomic mass is 32.2. The maximum absolute atomic E-state index is 12.3. The number of anilines is 1. The van der Waals surface area contributed by atoms with Gasteiger partial charge in [-0.1, -0.05) is 12.1 Å². The van der Waals surface area contributed by atoms with E-state index in [1.165, 1.54) is 16.8 Å². The van der Waals surface area contributed by atoms with Gasteiger partial charge in [-0.05, 0) is 73.5 Å². The molecule has 0 atom stereocenters. The smallest absolute Gasteiger partial charge is 0.224 e. The normalized spacial score (nSPS) is 11.4. The van der Waals surface area contributed by atoms with Crippen LogP contribution in [-0.4, -0.2) is 25.6 Å². The Morgan fingerprint density at radius 2 is 1.62 bits per heavy atom. The zero-order chi connectivity index (χ0) is 22.6. The van der Waals surface area contributed by atoms with Gasteiger partial charge in [-0.2, -0.15) is 0 Å². The van der Waals surface area contributed by atoms with Gasteiger partial charge in [-0.25, -0.2) is 13.4 Å². The number of aryl methyl sites for hydroxylation is 1. The second-order valence-electron chi connectivity index (χ2n) is 7.35. The average molecular weight is 467 g/mol. The van der Waals surface area contributed by atoms with Crippen LogP contribution in [0.1, 0.15) is 17.8 Å². The van der Waals surface area contributed by atoms with Gasteiger partial charge in [-0.15, -0.1) is 11.3 Å². The zero-order valence-corrected chi connectivity index (χ0v) is 19.1. The number of aromatic nitrogens is 1. The summed E-state index contributed by atoms with van der Waals surface area (Å²) in [6.45, 7) is 0. The van der Waals surface area contributed by atoms with Crippen molar-refractivity contribution in [3.05, 3.63) is 77.8 Å². The molecule has 0 saturated heterocycles. The van der Waals surface area contributed by atoms with E-state index >= 15 is 0 Å². The monoisotopic (exact) mass is 466 g/mol. The van der Waals surface area contributed by atoms with Crippen molar-refractivity contribution >= 4 is 43.0 Å². The predicted octanol–water partition coefficient (Wildman–Crippen LogP) is 5.45. The van der Waals surface area contributed by atoms with Gasteiger partial charge in [0.05, 0.1) is 20.1 Å². The molecule has 0 fully saturated rings. The summed E-state index contributed by atoms with van der Waals surface area (Å²) in [5, 5.41) is 3.94. The molecule has 1 N–H and O–H groups in total. The number of carbonyl (C=O) groups excluding carboxylic acids is 1. The van der Waals surface area contributed by atoms with Crippen LogP contribution in [0.2, 0.25) is 0 Å². The van der Waals surface area contributed by atoms with Gasteiger partial charge in [0.25, 0.3) is 0 Å². The maximum atomic E-state index is 12.3. The van der Waals surface area contributed by atoms with Crippen molar-refractivity contribution in [3.63, 3.8) is 0 Å². The van der Waals surface area contributed by atoms with Crippen molar-refractivity contribution in [2.45, 2.75) is 24.2 Å². The fourth-order valence-electron chi connectivity index (χ4n) is 3.15. The lowest BCUT2D eigenvalue weighted by atomic mass is 10.2. The number of sulfone groups is 1. The number of rotatable bonds is 8. The van der Waals surface area contributed by atoms with Gasteiger partial charge in [0.2, 0.25) is 5.91 Å². The van der Waals surface area contributed by atoms with E-state index < -0.39 is 9.84 Å². The van der Waals surface area contributed by atoms with Crippen molar-refractivity contribution in [2.75, 3.05) is 11.6 Å². The average Bonchev–Trinajstić information content (AvgIpc) is 3.18. The SMILES string of the molecule is CS(=O)(=O)c1ccc(Oc2ccc(NC(=O)CCCc3nc4ccccc4s3)cc2)cc1. The second-order valence-corrected chi connectivity index (χ2v) is 10.5. The molecular weight excluding hydrogens is 444 g/mol. The first kappa shape index (κ1) is 22.0. The molecule has 0 aliphatic heterocycles. The molecule has 0 radical (unpaired) electrons. The van der Waals surface area contributed by atoms with Crippen molar-refractivity contribution in [1.82, 2.24) is 4.98 Å². The van der Waals surface area contributed by atoms with Gasteiger partial charge in [0, 0.05) is 18.4 Å². The number of hydrogen-bond acceptors (Lipinski definition) is 6. The van der Waals surface area contributed by atoms with E-state index in [2.05, 4.69) is 16.4 Å². The Balaban J connectivity index is 1.26. The number of nitrogens with one attached hydrogen (secondary N) is 1. The van der Waals surface area contributed by atoms with Crippen molar-refractivity contribution in [1.29, 1.82) is 0 Å². The van der Waals surface area contributed by atoms with Gasteiger partial charge < -0.3 is 10.1 Å². The minimum absolute atomic E-state index is 0.0452. The first-order chi connectivity index (χ1) is 15.4. The fraction of sp³-hybridized carbons (Fsp3) is 0.167. The van der Waals surface area contributed by atoms with E-state index in [-0.39, 0.29) is 10.8 Å². The number of hydrogen-bond donors (Lipinski definition) is 1. The summed E-state index contributed by atoms with van der Waals surface area (Å²) in [6, 6.07) is 21.3. The summed E-state index contributed by atoms with van der Waals surface area (Å²) < 4.78 is 29.9. The Morgan fingerprint density at radius 1 is 0.969 bits per heavy atom. The zero-order valence-electron chi connectivity index (χ0n) is 17.4. The van der Waals surface area contributed by atoms with Crippen LogP contribution in [0.4, 0.5) is 5.69 Å². The number of ether oxygens (including phenoxy) is 1. The Labute approximate surface area is 190 Å². The first-order valence-electron chi connectivity index (χ1n) is 10.1. The number of benzene rings is 3. The summed E-state index contributed by atoms with van der Waals surface area (Å²) in [5.74, 6) is 1.08. The van der Waals surface area contributed by atoms with E-state index in [0.29, 0.717) is 23.6 Å². The Morgan fingerprint density at radius 3 is 2.28 bits per heavy atom. The summed E-state index contributed by atoms with van der Waals surface area (Å²) in [5.41, 5.74) is 1.69. The lowest BCUT2D eigenvalue weighted by molar-refractivity contribution is -0.116. The molecule has 8 heteroatoms. The summed E-state index contributed by atoms with van der Waals surface area (Å²) in [7, 11) is -3.24. The van der Waals surface area contributed by atoms with Crippen molar-refractivity contribution in [2.24, 2.45) is 0 Å². The van der Waals surface area contributed by atoms with E-state index in [1.54, 1.807) is 47.7 Å². The molecule has 4 rings (SSSR count). The number of carbonyl (C=O) groups is 1. The molecule has 0 aliphatic carbocycles. The third-order valence-electron chi connectivity index (χ3n) is 4.76. The topological polar surface area (TPSA) is 85.4 Å². The number of para-hydroxylation sites is 1. The molecule has 164 valence electrons. The van der Waals surface area contributed by atoms with E-state index in [1.807, 2.05) is 18.2 Å². The van der Waals surface area contributed by atoms with Crippen LogP contribution in [-0.2, 0) is 21.1 Å². The molecule has 1 aromatic heterocycles. The third kappa shape index (κ3) is 5.72. The van der Waals surface area contributed by atoms with E-state index in [9.17, 15) is 13.2 Å². The maximum Gasteiger partial charge on any atom is 0.224 e. The van der Waals surface area contributed by atoms with Gasteiger partial charge >= 0.3 is 0 Å². The summed E-state index contributed by atoms with van der Waals surface area (Å²) >= 11 is 1.67. The highest BCUT2D eigenvalue weighted by molar-refractivity contribution is 7.90. The van der Waals surface area contributed by atoms with Crippen LogP contribution in [0.25, 0.3) is 10.2 Å². The number of amides is 1. The van der Waals surface area contributed by atoms with Crippen LogP contribution in [0.3, 0.4) is 0 Å². The summed E-state index contributed by atoms with van der Waals surface area (Å²) in [4.78, 5) is 17.1. The molecule has 0 bridgehead atoms. The van der Waals surface area contributed by atoms with Crippen molar-refractivity contribution < 1.29 is 17.9 Å². The van der Waals surface area contributed by atoms with Crippen LogP contribution < -0.4 is 10.1 Å². The molecule has 1 heterocycles. The fourth-order valence-corrected chi connectivity index (χ4v) is 4.79. The van der Waals surface area contributed by atoms with Gasteiger partial charge in [0.1, 0.15) is 11.5 Å². The Hall–Kier alpha value is -3.23. The standard InChI is InChI=1S/C24H22N2O4S2/c1-32(28,29)20-15-13-19(14-16-20)30-18-11-9-17(10-12-18)25-23(27)7-4-8-24-26-21-5-2-3-6-22(21)31-24/h2-3,5-6,9-16H,4,7-8H2,1H3,(H,25,27). The molecular formula is C24H22N2O4S2. The molecule has 0 aliphatic rings. The predicted molar refractivity (Wildman–Crippen MR) is 127 cm³/mol.